The Morgan fingerprint density at radius 1 is 1.15 bits per heavy atom. The van der Waals surface area contributed by atoms with Gasteiger partial charge in [0.2, 0.25) is 5.91 Å². The summed E-state index contributed by atoms with van der Waals surface area (Å²) in [4.78, 5) is 34.8. The van der Waals surface area contributed by atoms with E-state index in [-0.39, 0.29) is 36.5 Å². The summed E-state index contributed by atoms with van der Waals surface area (Å²) in [5.74, 6) is -0.375. The second-order valence-corrected chi connectivity index (χ2v) is 6.28. The van der Waals surface area contributed by atoms with E-state index >= 15 is 0 Å². The fourth-order valence-electron chi connectivity index (χ4n) is 2.56. The van der Waals surface area contributed by atoms with Crippen LogP contribution in [0, 0.1) is 6.92 Å². The van der Waals surface area contributed by atoms with Crippen molar-refractivity contribution < 1.29 is 14.3 Å². The van der Waals surface area contributed by atoms with Gasteiger partial charge in [0.1, 0.15) is 5.69 Å². The average Bonchev–Trinajstić information content (AvgIpc) is 2.69. The number of nitrogens with one attached hydrogen (secondary N) is 1. The number of aryl methyl sites for hydroxylation is 1. The molecule has 2 amide bonds. The third kappa shape index (κ3) is 6.45. The lowest BCUT2D eigenvalue weighted by atomic mass is 10.1. The number of nitrogens with zero attached hydrogens (tertiary/aromatic N) is 3. The quantitative estimate of drug-likeness (QED) is 0.731. The van der Waals surface area contributed by atoms with Gasteiger partial charge in [-0.25, -0.2) is 4.98 Å². The largest absolute Gasteiger partial charge is 0.383 e. The van der Waals surface area contributed by atoms with Gasteiger partial charge in [-0.2, -0.15) is 0 Å². The molecule has 0 saturated carbocycles. The Hall–Kier alpha value is -2.80. The van der Waals surface area contributed by atoms with Crippen LogP contribution in [-0.4, -0.2) is 53.5 Å². The molecule has 1 heterocycles. The average molecular weight is 370 g/mol. The summed E-state index contributed by atoms with van der Waals surface area (Å²) in [6, 6.07) is 9.65. The van der Waals surface area contributed by atoms with Crippen molar-refractivity contribution in [1.82, 2.24) is 20.2 Å². The van der Waals surface area contributed by atoms with Crippen LogP contribution in [0.25, 0.3) is 0 Å². The number of rotatable bonds is 9. The van der Waals surface area contributed by atoms with Crippen LogP contribution in [-0.2, 0) is 9.53 Å². The molecule has 7 nitrogen and oxygen atoms in total. The predicted molar refractivity (Wildman–Crippen MR) is 102 cm³/mol. The van der Waals surface area contributed by atoms with Crippen LogP contribution in [0.4, 0.5) is 0 Å². The normalized spacial score (nSPS) is 11.7. The molecule has 2 aromatic rings. The summed E-state index contributed by atoms with van der Waals surface area (Å²) in [6.45, 7) is 4.79. The molecular weight excluding hydrogens is 344 g/mol. The molecule has 0 saturated heterocycles. The summed E-state index contributed by atoms with van der Waals surface area (Å²) in [6.07, 6.45) is 3.21. The van der Waals surface area contributed by atoms with Crippen LogP contribution in [0.3, 0.4) is 0 Å². The van der Waals surface area contributed by atoms with Gasteiger partial charge in [0.15, 0.2) is 0 Å². The van der Waals surface area contributed by atoms with Gasteiger partial charge < -0.3 is 15.0 Å². The molecule has 7 heteroatoms. The van der Waals surface area contributed by atoms with Gasteiger partial charge in [-0.05, 0) is 19.4 Å². The van der Waals surface area contributed by atoms with Gasteiger partial charge in [-0.15, -0.1) is 0 Å². The third-order valence-electron chi connectivity index (χ3n) is 4.14. The molecule has 0 bridgehead atoms. The van der Waals surface area contributed by atoms with Crippen molar-refractivity contribution in [3.8, 4) is 0 Å². The van der Waals surface area contributed by atoms with E-state index in [9.17, 15) is 9.59 Å². The molecule has 1 aromatic carbocycles. The summed E-state index contributed by atoms with van der Waals surface area (Å²) < 4.78 is 5.08. The second-order valence-electron chi connectivity index (χ2n) is 6.28. The standard InChI is InChI=1S/C20H26N4O3/c1-15-13-22-18(14-21-15)20(26)24(11-12-27-3)10-9-19(25)23-16(2)17-7-5-4-6-8-17/h4-8,13-14,16H,9-12H2,1-3H3,(H,23,25). The Labute approximate surface area is 159 Å². The van der Waals surface area contributed by atoms with Gasteiger partial charge in [0, 0.05) is 32.8 Å². The number of benzene rings is 1. The highest BCUT2D eigenvalue weighted by molar-refractivity contribution is 5.92. The number of aromatic nitrogens is 2. The zero-order chi connectivity index (χ0) is 19.6. The minimum atomic E-state index is -0.261. The fourth-order valence-corrected chi connectivity index (χ4v) is 2.56. The lowest BCUT2D eigenvalue weighted by molar-refractivity contribution is -0.121. The summed E-state index contributed by atoms with van der Waals surface area (Å²) in [7, 11) is 1.57. The van der Waals surface area contributed by atoms with Crippen LogP contribution in [0.15, 0.2) is 42.7 Å². The SMILES string of the molecule is COCCN(CCC(=O)NC(C)c1ccccc1)C(=O)c1cnc(C)cn1. The van der Waals surface area contributed by atoms with Crippen molar-refractivity contribution in [2.24, 2.45) is 0 Å². The first-order valence-electron chi connectivity index (χ1n) is 8.92. The topological polar surface area (TPSA) is 84.4 Å². The van der Waals surface area contributed by atoms with Gasteiger partial charge >= 0.3 is 0 Å². The summed E-state index contributed by atoms with van der Waals surface area (Å²) >= 11 is 0. The Bertz CT molecular complexity index is 735. The number of carbonyl (C=O) groups excluding carboxylic acids is 2. The van der Waals surface area contributed by atoms with E-state index in [1.165, 1.54) is 6.20 Å². The third-order valence-corrected chi connectivity index (χ3v) is 4.14. The molecule has 0 aliphatic carbocycles. The molecule has 1 aromatic heterocycles. The molecule has 0 aliphatic heterocycles. The van der Waals surface area contributed by atoms with Crippen molar-refractivity contribution in [2.45, 2.75) is 26.3 Å². The predicted octanol–water partition coefficient (Wildman–Crippen LogP) is 2.14. The highest BCUT2D eigenvalue weighted by atomic mass is 16.5. The van der Waals surface area contributed by atoms with Gasteiger partial charge in [0.25, 0.3) is 5.91 Å². The number of hydrogen-bond acceptors (Lipinski definition) is 5. The molecule has 144 valence electrons. The van der Waals surface area contributed by atoms with Crippen LogP contribution in [0.5, 0.6) is 0 Å². The van der Waals surface area contributed by atoms with Crippen LogP contribution < -0.4 is 5.32 Å². The number of amides is 2. The second kappa shape index (κ2) is 10.4. The summed E-state index contributed by atoms with van der Waals surface area (Å²) in [5, 5.41) is 2.96. The van der Waals surface area contributed by atoms with E-state index < -0.39 is 0 Å². The maximum absolute atomic E-state index is 12.7. The monoisotopic (exact) mass is 370 g/mol. The van der Waals surface area contributed by atoms with Crippen molar-refractivity contribution in [3.63, 3.8) is 0 Å². The lowest BCUT2D eigenvalue weighted by Crippen LogP contribution is -2.38. The zero-order valence-corrected chi connectivity index (χ0v) is 16.0. The zero-order valence-electron chi connectivity index (χ0n) is 16.0. The van der Waals surface area contributed by atoms with Crippen LogP contribution in [0.1, 0.15) is 41.1 Å². The van der Waals surface area contributed by atoms with Gasteiger partial charge in [0.05, 0.1) is 24.5 Å². The van der Waals surface area contributed by atoms with Crippen molar-refractivity contribution >= 4 is 11.8 Å². The molecular formula is C20H26N4O3. The highest BCUT2D eigenvalue weighted by Gasteiger charge is 2.19. The number of methoxy groups -OCH3 is 1. The Morgan fingerprint density at radius 3 is 2.52 bits per heavy atom. The summed E-state index contributed by atoms with van der Waals surface area (Å²) in [5.41, 5.74) is 2.03. The van der Waals surface area contributed by atoms with Gasteiger partial charge in [-0.3, -0.25) is 14.6 Å². The molecule has 1 unspecified atom stereocenters. The molecule has 0 aliphatic rings. The van der Waals surface area contributed by atoms with Gasteiger partial charge in [-0.1, -0.05) is 30.3 Å². The smallest absolute Gasteiger partial charge is 0.274 e. The van der Waals surface area contributed by atoms with Crippen LogP contribution in [0.2, 0.25) is 0 Å². The molecule has 0 fully saturated rings. The van der Waals surface area contributed by atoms with E-state index in [0.29, 0.717) is 13.2 Å². The molecule has 0 spiro atoms. The van der Waals surface area contributed by atoms with Crippen molar-refractivity contribution in [3.05, 3.63) is 59.7 Å². The fraction of sp³-hybridized carbons (Fsp3) is 0.400. The molecule has 0 radical (unpaired) electrons. The minimum Gasteiger partial charge on any atom is -0.383 e. The highest BCUT2D eigenvalue weighted by Crippen LogP contribution is 2.11. The van der Waals surface area contributed by atoms with E-state index in [0.717, 1.165) is 11.3 Å². The first kappa shape index (κ1) is 20.5. The first-order chi connectivity index (χ1) is 13.0. The molecule has 1 N–H and O–H groups in total. The van der Waals surface area contributed by atoms with E-state index in [2.05, 4.69) is 15.3 Å². The maximum atomic E-state index is 12.7. The van der Waals surface area contributed by atoms with E-state index in [1.807, 2.05) is 44.2 Å². The van der Waals surface area contributed by atoms with Crippen molar-refractivity contribution in [1.29, 1.82) is 0 Å². The first-order valence-corrected chi connectivity index (χ1v) is 8.92. The maximum Gasteiger partial charge on any atom is 0.274 e. The molecule has 27 heavy (non-hydrogen) atoms. The number of hydrogen-bond donors (Lipinski definition) is 1. The Kier molecular flexibility index (Phi) is 7.88. The van der Waals surface area contributed by atoms with E-state index in [1.54, 1.807) is 18.2 Å². The molecule has 1 atom stereocenters. The minimum absolute atomic E-state index is 0.0928. The van der Waals surface area contributed by atoms with Crippen LogP contribution >= 0.6 is 0 Å². The van der Waals surface area contributed by atoms with E-state index in [4.69, 9.17) is 4.74 Å². The lowest BCUT2D eigenvalue weighted by Gasteiger charge is -2.22. The molecule has 2 rings (SSSR count). The van der Waals surface area contributed by atoms with Crippen molar-refractivity contribution in [2.75, 3.05) is 26.8 Å². The Balaban J connectivity index is 1.94. The Morgan fingerprint density at radius 2 is 1.89 bits per heavy atom. The number of carbonyl (C=O) groups is 2. The number of ether oxygens (including phenoxy) is 1.